The first-order valence-electron chi connectivity index (χ1n) is 4.85. The Morgan fingerprint density at radius 1 is 1.36 bits per heavy atom. The van der Waals surface area contributed by atoms with Crippen molar-refractivity contribution in [1.82, 2.24) is 4.68 Å². The zero-order chi connectivity index (χ0) is 10.6. The molecule has 0 aliphatic heterocycles. The molecule has 0 saturated heterocycles. The van der Waals surface area contributed by atoms with Gasteiger partial charge in [0.15, 0.2) is 0 Å². The average Bonchev–Trinajstić information content (AvgIpc) is 2.69. The van der Waals surface area contributed by atoms with Crippen LogP contribution in [0, 0.1) is 0 Å². The molecule has 1 heterocycles. The Kier molecular flexibility index (Phi) is 3.30. The topological polar surface area (TPSA) is 60.1 Å². The minimum Gasteiger partial charge on any atom is -0.317 e. The van der Waals surface area contributed by atoms with Gasteiger partial charge in [-0.05, 0) is 25.0 Å². The van der Waals surface area contributed by atoms with Crippen LogP contribution in [-0.4, -0.2) is 16.1 Å². The first-order valence-corrected chi connectivity index (χ1v) is 4.85. The van der Waals surface area contributed by atoms with E-state index in [1.165, 1.54) is 0 Å². The lowest BCUT2D eigenvalue weighted by Crippen LogP contribution is -2.51. The van der Waals surface area contributed by atoms with Crippen LogP contribution in [-0.2, 0) is 4.79 Å². The third kappa shape index (κ3) is 2.14. The summed E-state index contributed by atoms with van der Waals surface area (Å²) < 4.78 is 1.61. The van der Waals surface area contributed by atoms with Crippen molar-refractivity contribution in [2.75, 3.05) is 5.43 Å². The second kappa shape index (κ2) is 4.28. The van der Waals surface area contributed by atoms with Crippen LogP contribution in [0.2, 0.25) is 0 Å². The monoisotopic (exact) mass is 195 g/mol. The van der Waals surface area contributed by atoms with Crippen molar-refractivity contribution in [3.63, 3.8) is 0 Å². The molecule has 1 aromatic heterocycles. The number of nitrogens with two attached hydrogens (primary N) is 1. The summed E-state index contributed by atoms with van der Waals surface area (Å²) in [6, 6.07) is 3.69. The van der Waals surface area contributed by atoms with Gasteiger partial charge in [0.05, 0.1) is 5.54 Å². The van der Waals surface area contributed by atoms with Crippen LogP contribution in [0.5, 0.6) is 0 Å². The molecule has 0 aromatic carbocycles. The van der Waals surface area contributed by atoms with Gasteiger partial charge in [-0.3, -0.25) is 14.9 Å². The molecule has 78 valence electrons. The van der Waals surface area contributed by atoms with Gasteiger partial charge in [-0.2, -0.15) is 0 Å². The lowest BCUT2D eigenvalue weighted by atomic mass is 9.94. The predicted octanol–water partition coefficient (Wildman–Crippen LogP) is 1.08. The minimum atomic E-state index is -0.760. The van der Waals surface area contributed by atoms with Crippen molar-refractivity contribution in [3.8, 4) is 0 Å². The summed E-state index contributed by atoms with van der Waals surface area (Å²) in [6.07, 6.45) is 4.81. The smallest absolute Gasteiger partial charge is 0.258 e. The molecular formula is C10H17N3O. The van der Waals surface area contributed by atoms with Crippen LogP contribution < -0.4 is 11.2 Å². The van der Waals surface area contributed by atoms with Crippen molar-refractivity contribution >= 4 is 5.91 Å². The summed E-state index contributed by atoms with van der Waals surface area (Å²) in [6.45, 7) is 3.83. The zero-order valence-electron chi connectivity index (χ0n) is 8.66. The second-order valence-electron chi connectivity index (χ2n) is 3.39. The fourth-order valence-corrected chi connectivity index (χ4v) is 1.21. The van der Waals surface area contributed by atoms with Gasteiger partial charge >= 0.3 is 0 Å². The normalized spacial score (nSPS) is 11.4. The lowest BCUT2D eigenvalue weighted by molar-refractivity contribution is -0.122. The molecule has 0 aliphatic carbocycles. The molecule has 0 bridgehead atoms. The highest BCUT2D eigenvalue weighted by Gasteiger charge is 2.29. The summed E-state index contributed by atoms with van der Waals surface area (Å²) in [4.78, 5) is 11.7. The van der Waals surface area contributed by atoms with E-state index in [0.29, 0.717) is 12.8 Å². The summed E-state index contributed by atoms with van der Waals surface area (Å²) in [5.41, 5.74) is 7.89. The van der Waals surface area contributed by atoms with E-state index in [-0.39, 0.29) is 5.91 Å². The lowest BCUT2D eigenvalue weighted by Gasteiger charge is -2.25. The number of nitrogens with one attached hydrogen (secondary N) is 1. The summed E-state index contributed by atoms with van der Waals surface area (Å²) >= 11 is 0. The van der Waals surface area contributed by atoms with E-state index in [0.717, 1.165) is 0 Å². The zero-order valence-corrected chi connectivity index (χ0v) is 8.66. The van der Waals surface area contributed by atoms with E-state index < -0.39 is 5.54 Å². The molecule has 0 unspecified atom stereocenters. The molecule has 0 fully saturated rings. The Balaban J connectivity index is 2.66. The first-order chi connectivity index (χ1) is 6.62. The van der Waals surface area contributed by atoms with Crippen molar-refractivity contribution in [1.29, 1.82) is 0 Å². The number of nitrogens with zero attached hydrogens (tertiary/aromatic N) is 1. The highest BCUT2D eigenvalue weighted by Crippen LogP contribution is 2.11. The van der Waals surface area contributed by atoms with Gasteiger partial charge in [0.25, 0.3) is 5.91 Å². The van der Waals surface area contributed by atoms with E-state index in [4.69, 9.17) is 5.73 Å². The Bertz CT molecular complexity index is 288. The van der Waals surface area contributed by atoms with Crippen molar-refractivity contribution in [2.45, 2.75) is 32.2 Å². The molecule has 0 saturated carbocycles. The number of aromatic nitrogens is 1. The number of carbonyl (C=O) groups excluding carboxylic acids is 1. The Labute approximate surface area is 84.1 Å². The van der Waals surface area contributed by atoms with Crippen LogP contribution in [0.1, 0.15) is 26.7 Å². The minimum absolute atomic E-state index is 0.140. The van der Waals surface area contributed by atoms with Gasteiger partial charge in [-0.25, -0.2) is 0 Å². The van der Waals surface area contributed by atoms with Crippen LogP contribution in [0.25, 0.3) is 0 Å². The third-order valence-electron chi connectivity index (χ3n) is 2.55. The van der Waals surface area contributed by atoms with Gasteiger partial charge in [-0.1, -0.05) is 13.8 Å². The van der Waals surface area contributed by atoms with Gasteiger partial charge in [0.1, 0.15) is 0 Å². The molecule has 3 N–H and O–H groups in total. The Hall–Kier alpha value is -1.29. The second-order valence-corrected chi connectivity index (χ2v) is 3.39. The first kappa shape index (κ1) is 10.8. The van der Waals surface area contributed by atoms with Crippen LogP contribution in [0.15, 0.2) is 24.5 Å². The van der Waals surface area contributed by atoms with Gasteiger partial charge < -0.3 is 5.73 Å². The number of hydrogen-bond donors (Lipinski definition) is 2. The molecule has 4 heteroatoms. The summed E-state index contributed by atoms with van der Waals surface area (Å²) in [5, 5.41) is 0. The predicted molar refractivity (Wildman–Crippen MR) is 56.3 cm³/mol. The van der Waals surface area contributed by atoms with E-state index in [9.17, 15) is 4.79 Å². The average molecular weight is 195 g/mol. The molecule has 0 spiro atoms. The summed E-state index contributed by atoms with van der Waals surface area (Å²) in [7, 11) is 0. The van der Waals surface area contributed by atoms with Gasteiger partial charge in [0.2, 0.25) is 0 Å². The molecule has 1 amide bonds. The van der Waals surface area contributed by atoms with E-state index >= 15 is 0 Å². The maximum Gasteiger partial charge on any atom is 0.258 e. The highest BCUT2D eigenvalue weighted by molar-refractivity contribution is 5.92. The molecular weight excluding hydrogens is 178 g/mol. The number of amides is 1. The van der Waals surface area contributed by atoms with Crippen LogP contribution in [0.3, 0.4) is 0 Å². The molecule has 0 aliphatic rings. The third-order valence-corrected chi connectivity index (χ3v) is 2.55. The van der Waals surface area contributed by atoms with Gasteiger partial charge in [0, 0.05) is 12.4 Å². The largest absolute Gasteiger partial charge is 0.317 e. The molecule has 0 atom stereocenters. The quantitative estimate of drug-likeness (QED) is 0.755. The van der Waals surface area contributed by atoms with Crippen molar-refractivity contribution in [3.05, 3.63) is 24.5 Å². The fraction of sp³-hybridized carbons (Fsp3) is 0.500. The number of hydrogen-bond acceptors (Lipinski definition) is 2. The molecule has 0 radical (unpaired) electrons. The van der Waals surface area contributed by atoms with Crippen LogP contribution >= 0.6 is 0 Å². The number of rotatable bonds is 4. The highest BCUT2D eigenvalue weighted by atomic mass is 16.2. The van der Waals surface area contributed by atoms with Gasteiger partial charge in [-0.15, -0.1) is 0 Å². The maximum absolute atomic E-state index is 11.7. The molecule has 4 nitrogen and oxygen atoms in total. The Morgan fingerprint density at radius 2 is 1.86 bits per heavy atom. The standard InChI is InChI=1S/C10H17N3O/c1-3-10(11,4-2)9(14)12-13-7-5-6-8-13/h5-8H,3-4,11H2,1-2H3,(H,12,14). The SMILES string of the molecule is CCC(N)(CC)C(=O)Nn1cccc1. The van der Waals surface area contributed by atoms with Crippen LogP contribution in [0.4, 0.5) is 0 Å². The number of carbonyl (C=O) groups is 1. The Morgan fingerprint density at radius 3 is 2.29 bits per heavy atom. The van der Waals surface area contributed by atoms with Crippen molar-refractivity contribution < 1.29 is 4.79 Å². The summed E-state index contributed by atoms with van der Waals surface area (Å²) in [5.74, 6) is -0.140. The fourth-order valence-electron chi connectivity index (χ4n) is 1.21. The van der Waals surface area contributed by atoms with E-state index in [2.05, 4.69) is 5.43 Å². The molecule has 1 rings (SSSR count). The van der Waals surface area contributed by atoms with Crippen molar-refractivity contribution in [2.24, 2.45) is 5.73 Å². The van der Waals surface area contributed by atoms with E-state index in [1.54, 1.807) is 17.1 Å². The molecule has 1 aromatic rings. The van der Waals surface area contributed by atoms with E-state index in [1.807, 2.05) is 26.0 Å². The maximum atomic E-state index is 11.7. The molecule has 14 heavy (non-hydrogen) atoms.